The van der Waals surface area contributed by atoms with Crippen LogP contribution in [0.3, 0.4) is 0 Å². The molecule has 3 aromatic rings. The molecule has 0 bridgehead atoms. The first-order valence-electron chi connectivity index (χ1n) is 9.06. The lowest BCUT2D eigenvalue weighted by Gasteiger charge is -2.19. The van der Waals surface area contributed by atoms with E-state index in [1.165, 1.54) is 19.2 Å². The predicted molar refractivity (Wildman–Crippen MR) is 112 cm³/mol. The molecule has 0 fully saturated rings. The van der Waals surface area contributed by atoms with Gasteiger partial charge in [0.2, 0.25) is 6.10 Å². The van der Waals surface area contributed by atoms with Crippen molar-refractivity contribution in [2.75, 3.05) is 12.4 Å². The van der Waals surface area contributed by atoms with E-state index in [-0.39, 0.29) is 5.02 Å². The van der Waals surface area contributed by atoms with Crippen molar-refractivity contribution in [1.29, 1.82) is 0 Å². The smallest absolute Gasteiger partial charge is 0.343 e. The zero-order valence-electron chi connectivity index (χ0n) is 16.3. The van der Waals surface area contributed by atoms with Crippen LogP contribution in [-0.2, 0) is 9.53 Å². The van der Waals surface area contributed by atoms with Gasteiger partial charge in [0.05, 0.1) is 17.8 Å². The van der Waals surface area contributed by atoms with Gasteiger partial charge in [0.25, 0.3) is 5.91 Å². The molecule has 0 spiro atoms. The maximum atomic E-state index is 14.1. The van der Waals surface area contributed by atoms with Crippen molar-refractivity contribution >= 4 is 29.2 Å². The summed E-state index contributed by atoms with van der Waals surface area (Å²) in [4.78, 5) is 25.7. The zero-order chi connectivity index (χ0) is 21.7. The van der Waals surface area contributed by atoms with E-state index < -0.39 is 29.4 Å². The highest BCUT2D eigenvalue weighted by Crippen LogP contribution is 2.29. The Morgan fingerprint density at radius 1 is 1.03 bits per heavy atom. The highest BCUT2D eigenvalue weighted by Gasteiger charge is 2.28. The number of ether oxygens (including phenoxy) is 2. The Balaban J connectivity index is 1.93. The van der Waals surface area contributed by atoms with Crippen molar-refractivity contribution in [2.45, 2.75) is 13.0 Å². The number of carbonyl (C=O) groups is 2. The molecule has 0 saturated carbocycles. The van der Waals surface area contributed by atoms with Crippen molar-refractivity contribution in [3.63, 3.8) is 0 Å². The highest BCUT2D eigenvalue weighted by molar-refractivity contribution is 6.33. The van der Waals surface area contributed by atoms with Gasteiger partial charge in [0.15, 0.2) is 0 Å². The first kappa shape index (κ1) is 21.3. The van der Waals surface area contributed by atoms with E-state index in [2.05, 4.69) is 5.32 Å². The van der Waals surface area contributed by atoms with Crippen LogP contribution in [0.1, 0.15) is 27.6 Å². The number of carbonyl (C=O) groups excluding carboxylic acids is 2. The highest BCUT2D eigenvalue weighted by atomic mass is 35.5. The van der Waals surface area contributed by atoms with Gasteiger partial charge < -0.3 is 14.8 Å². The van der Waals surface area contributed by atoms with Crippen LogP contribution in [0.4, 0.5) is 10.1 Å². The molecule has 154 valence electrons. The number of halogens is 2. The fourth-order valence-electron chi connectivity index (χ4n) is 2.88. The van der Waals surface area contributed by atoms with E-state index >= 15 is 0 Å². The number of benzene rings is 3. The van der Waals surface area contributed by atoms with E-state index in [0.717, 1.165) is 11.6 Å². The zero-order valence-corrected chi connectivity index (χ0v) is 17.1. The van der Waals surface area contributed by atoms with Crippen molar-refractivity contribution in [1.82, 2.24) is 0 Å². The third kappa shape index (κ3) is 4.78. The Labute approximate surface area is 178 Å². The van der Waals surface area contributed by atoms with E-state index in [4.69, 9.17) is 21.1 Å². The molecule has 1 amide bonds. The molecule has 0 heterocycles. The molecule has 1 unspecified atom stereocenters. The first-order chi connectivity index (χ1) is 14.4. The summed E-state index contributed by atoms with van der Waals surface area (Å²) in [5, 5.41) is 2.61. The lowest BCUT2D eigenvalue weighted by Crippen LogP contribution is -2.26. The molecular formula is C23H19ClFNO4. The molecule has 0 radical (unpaired) electrons. The number of esters is 1. The number of amides is 1. The van der Waals surface area contributed by atoms with E-state index in [9.17, 15) is 14.0 Å². The largest absolute Gasteiger partial charge is 0.495 e. The topological polar surface area (TPSA) is 64.6 Å². The number of anilines is 1. The molecule has 1 N–H and O–H groups in total. The minimum absolute atomic E-state index is 0.104. The van der Waals surface area contributed by atoms with Gasteiger partial charge in [0, 0.05) is 5.56 Å². The molecule has 5 nitrogen and oxygen atoms in total. The minimum Gasteiger partial charge on any atom is -0.495 e. The second-order valence-electron chi connectivity index (χ2n) is 6.49. The monoisotopic (exact) mass is 427 g/mol. The lowest BCUT2D eigenvalue weighted by atomic mass is 10.1. The Morgan fingerprint density at radius 2 is 1.77 bits per heavy atom. The molecule has 0 aliphatic heterocycles. The van der Waals surface area contributed by atoms with Gasteiger partial charge in [-0.2, -0.15) is 0 Å². The maximum Gasteiger partial charge on any atom is 0.343 e. The molecule has 3 aromatic carbocycles. The molecule has 0 saturated heterocycles. The Hall–Kier alpha value is -3.38. The lowest BCUT2D eigenvalue weighted by molar-refractivity contribution is -0.125. The molecular weight excluding hydrogens is 409 g/mol. The van der Waals surface area contributed by atoms with Crippen LogP contribution in [0, 0.1) is 12.7 Å². The van der Waals surface area contributed by atoms with Gasteiger partial charge in [-0.05, 0) is 36.8 Å². The molecule has 30 heavy (non-hydrogen) atoms. The van der Waals surface area contributed by atoms with Crippen molar-refractivity contribution in [3.05, 3.63) is 94.3 Å². The van der Waals surface area contributed by atoms with Crippen LogP contribution >= 0.6 is 11.6 Å². The molecule has 0 aliphatic carbocycles. The Bertz CT molecular complexity index is 1050. The number of hydrogen-bond donors (Lipinski definition) is 1. The van der Waals surface area contributed by atoms with Gasteiger partial charge in [-0.25, -0.2) is 9.18 Å². The number of nitrogens with one attached hydrogen (secondary N) is 1. The second kappa shape index (κ2) is 9.41. The van der Waals surface area contributed by atoms with Crippen LogP contribution in [0.15, 0.2) is 66.7 Å². The molecule has 7 heteroatoms. The average Bonchev–Trinajstić information content (AvgIpc) is 2.72. The maximum absolute atomic E-state index is 14.1. The van der Waals surface area contributed by atoms with Crippen LogP contribution in [0.25, 0.3) is 0 Å². The average molecular weight is 428 g/mol. The first-order valence-corrected chi connectivity index (χ1v) is 9.44. The number of aryl methyl sites for hydroxylation is 1. The second-order valence-corrected chi connectivity index (χ2v) is 6.89. The Morgan fingerprint density at radius 3 is 2.43 bits per heavy atom. The summed E-state index contributed by atoms with van der Waals surface area (Å²) in [5.74, 6) is -2.05. The quantitative estimate of drug-likeness (QED) is 0.540. The summed E-state index contributed by atoms with van der Waals surface area (Å²) in [6.07, 6.45) is -1.33. The fraction of sp³-hybridized carbons (Fsp3) is 0.130. The van der Waals surface area contributed by atoms with Crippen molar-refractivity contribution < 1.29 is 23.5 Å². The van der Waals surface area contributed by atoms with Crippen LogP contribution in [0.2, 0.25) is 5.02 Å². The molecule has 0 aromatic heterocycles. The summed E-state index contributed by atoms with van der Waals surface area (Å²) >= 11 is 5.96. The van der Waals surface area contributed by atoms with Crippen molar-refractivity contribution in [2.24, 2.45) is 0 Å². The van der Waals surface area contributed by atoms with Gasteiger partial charge >= 0.3 is 5.97 Å². The van der Waals surface area contributed by atoms with Gasteiger partial charge in [0.1, 0.15) is 17.1 Å². The van der Waals surface area contributed by atoms with Crippen LogP contribution in [0.5, 0.6) is 5.75 Å². The summed E-state index contributed by atoms with van der Waals surface area (Å²) < 4.78 is 24.8. The summed E-state index contributed by atoms with van der Waals surface area (Å²) in [6.45, 7) is 1.87. The van der Waals surface area contributed by atoms with Gasteiger partial charge in [-0.3, -0.25) is 4.79 Å². The standard InChI is InChI=1S/C23H19ClFNO4/c1-14-11-12-19(29-2)18(13-14)26-22(27)21(15-7-4-3-5-8-15)30-23(28)20-16(24)9-6-10-17(20)25/h3-13,21H,1-2H3,(H,26,27). The number of rotatable bonds is 6. The van der Waals surface area contributed by atoms with Crippen LogP contribution < -0.4 is 10.1 Å². The fourth-order valence-corrected chi connectivity index (χ4v) is 3.12. The number of methoxy groups -OCH3 is 1. The summed E-state index contributed by atoms with van der Waals surface area (Å²) in [5.41, 5.74) is 1.31. The SMILES string of the molecule is COc1ccc(C)cc1NC(=O)C(OC(=O)c1c(F)cccc1Cl)c1ccccc1. The Kier molecular flexibility index (Phi) is 6.69. The molecule has 0 aliphatic rings. The van der Waals surface area contributed by atoms with Crippen LogP contribution in [-0.4, -0.2) is 19.0 Å². The predicted octanol–water partition coefficient (Wildman–Crippen LogP) is 5.33. The minimum atomic E-state index is -1.33. The molecule has 1 atom stereocenters. The van der Waals surface area contributed by atoms with E-state index in [0.29, 0.717) is 17.0 Å². The van der Waals surface area contributed by atoms with Gasteiger partial charge in [-0.15, -0.1) is 0 Å². The summed E-state index contributed by atoms with van der Waals surface area (Å²) in [6, 6.07) is 17.6. The van der Waals surface area contributed by atoms with Crippen molar-refractivity contribution in [3.8, 4) is 5.75 Å². The van der Waals surface area contributed by atoms with Gasteiger partial charge in [-0.1, -0.05) is 54.1 Å². The number of hydrogen-bond acceptors (Lipinski definition) is 4. The van der Waals surface area contributed by atoms with E-state index in [1.807, 2.05) is 13.0 Å². The summed E-state index contributed by atoms with van der Waals surface area (Å²) in [7, 11) is 1.48. The van der Waals surface area contributed by atoms with E-state index in [1.54, 1.807) is 42.5 Å². The molecule has 3 rings (SSSR count). The third-order valence-corrected chi connectivity index (χ3v) is 4.66. The normalized spacial score (nSPS) is 11.5. The third-order valence-electron chi connectivity index (χ3n) is 4.35.